The van der Waals surface area contributed by atoms with Gasteiger partial charge in [-0.05, 0) is 53.9 Å². The molecule has 0 aliphatic rings. The minimum atomic E-state index is 0.916. The van der Waals surface area contributed by atoms with Crippen LogP contribution in [0.25, 0.3) is 77.1 Å². The zero-order valence-corrected chi connectivity index (χ0v) is 22.8. The summed E-state index contributed by atoms with van der Waals surface area (Å²) in [4.78, 5) is 5.21. The first-order valence-corrected chi connectivity index (χ1v) is 14.3. The summed E-state index contributed by atoms with van der Waals surface area (Å²) < 4.78 is 4.74. The van der Waals surface area contributed by atoms with Crippen molar-refractivity contribution in [1.29, 1.82) is 0 Å². The third-order valence-corrected chi connectivity index (χ3v) is 8.49. The molecule has 0 aliphatic carbocycles. The largest absolute Gasteiger partial charge is 0.309 e. The van der Waals surface area contributed by atoms with Crippen molar-refractivity contribution in [3.05, 3.63) is 152 Å². The molecule has 0 aliphatic heterocycles. The monoisotopic (exact) mass is 535 g/mol. The molecule has 0 fully saturated rings. The highest BCUT2D eigenvalue weighted by Gasteiger charge is 2.19. The van der Waals surface area contributed by atoms with Crippen molar-refractivity contribution in [1.82, 2.24) is 14.1 Å². The van der Waals surface area contributed by atoms with Gasteiger partial charge in [-0.3, -0.25) is 4.57 Å². The lowest BCUT2D eigenvalue weighted by Gasteiger charge is -2.12. The molecule has 0 saturated heterocycles. The Kier molecular flexibility index (Phi) is 4.90. The third-order valence-electron chi connectivity index (χ3n) is 8.49. The topological polar surface area (TPSA) is 22.8 Å². The zero-order chi connectivity index (χ0) is 27.6. The van der Waals surface area contributed by atoms with E-state index >= 15 is 0 Å². The van der Waals surface area contributed by atoms with Gasteiger partial charge in [0.05, 0.1) is 27.8 Å². The van der Waals surface area contributed by atoms with Gasteiger partial charge in [-0.25, -0.2) is 4.98 Å². The van der Waals surface area contributed by atoms with Crippen molar-refractivity contribution in [3.8, 4) is 22.8 Å². The standard InChI is InChI=1S/C39H25N3/c1-3-12-26(13-4-1)34-18-11-21-38(40-34)42-36-20-10-7-16-29(36)31-23-22-27-24-33-30-17-8-9-19-35(30)41(28-14-5-2-6-15-28)37(33)25-32(27)39(31)42/h1-25H. The molecule has 42 heavy (non-hydrogen) atoms. The molecule has 9 aromatic rings. The van der Waals surface area contributed by atoms with Gasteiger partial charge < -0.3 is 4.57 Å². The fourth-order valence-corrected chi connectivity index (χ4v) is 6.66. The van der Waals surface area contributed by atoms with Crippen molar-refractivity contribution in [3.63, 3.8) is 0 Å². The molecular formula is C39H25N3. The molecule has 3 heteroatoms. The zero-order valence-electron chi connectivity index (χ0n) is 22.8. The Hall–Kier alpha value is -5.67. The van der Waals surface area contributed by atoms with Gasteiger partial charge in [0.25, 0.3) is 0 Å². The molecule has 0 spiro atoms. The predicted molar refractivity (Wildman–Crippen MR) is 176 cm³/mol. The number of nitrogens with zero attached hydrogens (tertiary/aromatic N) is 3. The van der Waals surface area contributed by atoms with E-state index in [1.807, 2.05) is 6.07 Å². The highest BCUT2D eigenvalue weighted by Crippen LogP contribution is 2.40. The normalized spacial score (nSPS) is 11.8. The average Bonchev–Trinajstić information content (AvgIpc) is 3.57. The number of pyridine rings is 1. The molecule has 0 bridgehead atoms. The van der Waals surface area contributed by atoms with E-state index in [4.69, 9.17) is 4.98 Å². The molecule has 0 atom stereocenters. The van der Waals surface area contributed by atoms with Crippen molar-refractivity contribution in [2.75, 3.05) is 0 Å². The highest BCUT2D eigenvalue weighted by molar-refractivity contribution is 6.22. The van der Waals surface area contributed by atoms with Gasteiger partial charge in [-0.15, -0.1) is 0 Å². The van der Waals surface area contributed by atoms with Crippen molar-refractivity contribution < 1.29 is 0 Å². The Morgan fingerprint density at radius 3 is 1.86 bits per heavy atom. The van der Waals surface area contributed by atoms with Crippen LogP contribution in [0.4, 0.5) is 0 Å². The number of hydrogen-bond donors (Lipinski definition) is 0. The van der Waals surface area contributed by atoms with Gasteiger partial charge in [0.15, 0.2) is 0 Å². The molecular weight excluding hydrogens is 510 g/mol. The number of benzene rings is 6. The Morgan fingerprint density at radius 1 is 0.405 bits per heavy atom. The molecule has 0 saturated carbocycles. The Morgan fingerprint density at radius 2 is 1.07 bits per heavy atom. The van der Waals surface area contributed by atoms with Gasteiger partial charge in [-0.2, -0.15) is 0 Å². The Labute approximate surface area is 242 Å². The van der Waals surface area contributed by atoms with Crippen molar-refractivity contribution in [2.24, 2.45) is 0 Å². The molecule has 3 nitrogen and oxygen atoms in total. The van der Waals surface area contributed by atoms with Crippen LogP contribution in [0.1, 0.15) is 0 Å². The lowest BCUT2D eigenvalue weighted by molar-refractivity contribution is 1.09. The van der Waals surface area contributed by atoms with Gasteiger partial charge in [-0.1, -0.05) is 103 Å². The van der Waals surface area contributed by atoms with Crippen molar-refractivity contribution >= 4 is 54.4 Å². The molecule has 3 aromatic heterocycles. The lowest BCUT2D eigenvalue weighted by atomic mass is 10.0. The molecule has 196 valence electrons. The lowest BCUT2D eigenvalue weighted by Crippen LogP contribution is -1.99. The van der Waals surface area contributed by atoms with Gasteiger partial charge in [0, 0.05) is 38.2 Å². The molecule has 9 rings (SSSR count). The Balaban J connectivity index is 1.43. The number of hydrogen-bond acceptors (Lipinski definition) is 1. The van der Waals surface area contributed by atoms with Crippen LogP contribution < -0.4 is 0 Å². The van der Waals surface area contributed by atoms with E-state index in [-0.39, 0.29) is 0 Å². The first kappa shape index (κ1) is 23.1. The fraction of sp³-hybridized carbons (Fsp3) is 0. The van der Waals surface area contributed by atoms with Crippen LogP contribution in [0.3, 0.4) is 0 Å². The Bertz CT molecular complexity index is 2450. The van der Waals surface area contributed by atoms with E-state index in [1.165, 1.54) is 48.9 Å². The van der Waals surface area contributed by atoms with Crippen LogP contribution in [0.2, 0.25) is 0 Å². The SMILES string of the molecule is c1ccc(-c2cccc(-n3c4ccccc4c4ccc5cc6c7ccccc7n(-c7ccccc7)c6cc5c43)n2)cc1. The quantitative estimate of drug-likeness (QED) is 0.221. The van der Waals surface area contributed by atoms with Gasteiger partial charge in [0.1, 0.15) is 5.82 Å². The van der Waals surface area contributed by atoms with Crippen LogP contribution in [0, 0.1) is 0 Å². The number of para-hydroxylation sites is 3. The van der Waals surface area contributed by atoms with Crippen LogP contribution in [0.15, 0.2) is 152 Å². The van der Waals surface area contributed by atoms with Crippen LogP contribution in [-0.4, -0.2) is 14.1 Å². The second-order valence-electron chi connectivity index (χ2n) is 10.8. The summed E-state index contributed by atoms with van der Waals surface area (Å²) in [6.45, 7) is 0. The molecule has 0 unspecified atom stereocenters. The third kappa shape index (κ3) is 3.31. The van der Waals surface area contributed by atoms with E-state index < -0.39 is 0 Å². The number of aromatic nitrogens is 3. The molecule has 3 heterocycles. The van der Waals surface area contributed by atoms with Gasteiger partial charge >= 0.3 is 0 Å². The minimum Gasteiger partial charge on any atom is -0.309 e. The first-order chi connectivity index (χ1) is 20.8. The average molecular weight is 536 g/mol. The summed E-state index contributed by atoms with van der Waals surface area (Å²) in [6, 6.07) is 54.1. The highest BCUT2D eigenvalue weighted by atomic mass is 15.1. The maximum absolute atomic E-state index is 5.21. The number of rotatable bonds is 3. The fourth-order valence-electron chi connectivity index (χ4n) is 6.66. The van der Waals surface area contributed by atoms with Crippen molar-refractivity contribution in [2.45, 2.75) is 0 Å². The van der Waals surface area contributed by atoms with E-state index in [9.17, 15) is 0 Å². The summed E-state index contributed by atoms with van der Waals surface area (Å²) in [5, 5.41) is 7.40. The molecule has 0 N–H and O–H groups in total. The van der Waals surface area contributed by atoms with E-state index in [0.717, 1.165) is 28.3 Å². The minimum absolute atomic E-state index is 0.916. The van der Waals surface area contributed by atoms with Crippen LogP contribution in [0.5, 0.6) is 0 Å². The maximum atomic E-state index is 5.21. The van der Waals surface area contributed by atoms with Crippen LogP contribution in [-0.2, 0) is 0 Å². The van der Waals surface area contributed by atoms with E-state index in [0.29, 0.717) is 0 Å². The number of fused-ring (bicyclic) bond motifs is 8. The summed E-state index contributed by atoms with van der Waals surface area (Å²) in [5.41, 5.74) is 7.98. The van der Waals surface area contributed by atoms with E-state index in [1.54, 1.807) is 0 Å². The maximum Gasteiger partial charge on any atom is 0.138 e. The first-order valence-electron chi connectivity index (χ1n) is 14.3. The smallest absolute Gasteiger partial charge is 0.138 e. The molecule has 0 amide bonds. The molecule has 0 radical (unpaired) electrons. The van der Waals surface area contributed by atoms with Crippen LogP contribution >= 0.6 is 0 Å². The second-order valence-corrected chi connectivity index (χ2v) is 10.8. The summed E-state index contributed by atoms with van der Waals surface area (Å²) in [7, 11) is 0. The molecule has 6 aromatic carbocycles. The van der Waals surface area contributed by atoms with Gasteiger partial charge in [0.2, 0.25) is 0 Å². The summed E-state index contributed by atoms with van der Waals surface area (Å²) in [5.74, 6) is 0.916. The summed E-state index contributed by atoms with van der Waals surface area (Å²) >= 11 is 0. The van der Waals surface area contributed by atoms with E-state index in [2.05, 4.69) is 155 Å². The predicted octanol–water partition coefficient (Wildman–Crippen LogP) is 10.1. The summed E-state index contributed by atoms with van der Waals surface area (Å²) in [6.07, 6.45) is 0. The second kappa shape index (κ2) is 8.92.